The standard InChI is InChI=1S/C15H22Cl2N2O2S/c1-12(2)6-7-18-8-10-19(11-9-18)22(20,21)14-5-3-4-13(16)15(14)17/h3-5,12H,6-11H2,1-2H3. The molecule has 1 heterocycles. The van der Waals surface area contributed by atoms with Gasteiger partial charge in [-0.1, -0.05) is 43.1 Å². The first-order valence-corrected chi connectivity index (χ1v) is 9.68. The predicted molar refractivity (Wildman–Crippen MR) is 91.1 cm³/mol. The Bertz CT molecular complexity index is 612. The van der Waals surface area contributed by atoms with Crippen LogP contribution in [-0.2, 0) is 10.0 Å². The molecule has 0 radical (unpaired) electrons. The molecule has 1 aliphatic rings. The molecule has 0 amide bonds. The van der Waals surface area contributed by atoms with Crippen LogP contribution in [0, 0.1) is 5.92 Å². The minimum absolute atomic E-state index is 0.0947. The van der Waals surface area contributed by atoms with Gasteiger partial charge in [0.2, 0.25) is 10.0 Å². The van der Waals surface area contributed by atoms with Crippen LogP contribution in [0.3, 0.4) is 0 Å². The molecular weight excluding hydrogens is 343 g/mol. The fourth-order valence-corrected chi connectivity index (χ4v) is 4.61. The van der Waals surface area contributed by atoms with Crippen molar-refractivity contribution in [3.63, 3.8) is 0 Å². The molecule has 1 saturated heterocycles. The van der Waals surface area contributed by atoms with Gasteiger partial charge in [0.05, 0.1) is 10.0 Å². The molecule has 1 aromatic carbocycles. The number of benzene rings is 1. The number of hydrogen-bond donors (Lipinski definition) is 0. The lowest BCUT2D eigenvalue weighted by molar-refractivity contribution is 0.180. The predicted octanol–water partition coefficient (Wildman–Crippen LogP) is 3.35. The molecule has 0 atom stereocenters. The van der Waals surface area contributed by atoms with Gasteiger partial charge >= 0.3 is 0 Å². The van der Waals surface area contributed by atoms with Crippen LogP contribution in [0.25, 0.3) is 0 Å². The highest BCUT2D eigenvalue weighted by molar-refractivity contribution is 7.89. The Morgan fingerprint density at radius 3 is 2.36 bits per heavy atom. The van der Waals surface area contributed by atoms with Crippen LogP contribution in [0.15, 0.2) is 23.1 Å². The lowest BCUT2D eigenvalue weighted by Crippen LogP contribution is -2.48. The molecule has 7 heteroatoms. The maximum atomic E-state index is 12.7. The SMILES string of the molecule is CC(C)CCN1CCN(S(=O)(=O)c2cccc(Cl)c2Cl)CC1. The number of halogens is 2. The van der Waals surface area contributed by atoms with Crippen LogP contribution in [0.4, 0.5) is 0 Å². The monoisotopic (exact) mass is 364 g/mol. The highest BCUT2D eigenvalue weighted by Crippen LogP contribution is 2.31. The summed E-state index contributed by atoms with van der Waals surface area (Å²) in [6.45, 7) is 7.90. The zero-order valence-corrected chi connectivity index (χ0v) is 15.3. The molecular formula is C15H22Cl2N2O2S. The molecule has 0 N–H and O–H groups in total. The second kappa shape index (κ2) is 7.49. The van der Waals surface area contributed by atoms with Gasteiger partial charge in [-0.2, -0.15) is 4.31 Å². The lowest BCUT2D eigenvalue weighted by Gasteiger charge is -2.34. The van der Waals surface area contributed by atoms with E-state index in [-0.39, 0.29) is 14.9 Å². The molecule has 0 saturated carbocycles. The summed E-state index contributed by atoms with van der Waals surface area (Å²) in [5, 5.41) is 0.365. The summed E-state index contributed by atoms with van der Waals surface area (Å²) in [5.41, 5.74) is 0. The van der Waals surface area contributed by atoms with Crippen molar-refractivity contribution in [3.05, 3.63) is 28.2 Å². The first kappa shape index (κ1) is 18.0. The topological polar surface area (TPSA) is 40.6 Å². The van der Waals surface area contributed by atoms with Crippen LogP contribution in [-0.4, -0.2) is 50.3 Å². The van der Waals surface area contributed by atoms with E-state index in [1.54, 1.807) is 12.1 Å². The van der Waals surface area contributed by atoms with Crippen molar-refractivity contribution >= 4 is 33.2 Å². The summed E-state index contributed by atoms with van der Waals surface area (Å²) >= 11 is 12.0. The third-order valence-electron chi connectivity index (χ3n) is 3.89. The molecule has 124 valence electrons. The van der Waals surface area contributed by atoms with Gasteiger partial charge in [0.1, 0.15) is 4.90 Å². The summed E-state index contributed by atoms with van der Waals surface area (Å²) in [6, 6.07) is 4.71. The Balaban J connectivity index is 2.05. The normalized spacial score (nSPS) is 18.0. The summed E-state index contributed by atoms with van der Waals surface area (Å²) in [6.07, 6.45) is 1.13. The van der Waals surface area contributed by atoms with E-state index in [1.165, 1.54) is 10.4 Å². The molecule has 1 aromatic rings. The fraction of sp³-hybridized carbons (Fsp3) is 0.600. The van der Waals surface area contributed by atoms with Crippen molar-refractivity contribution < 1.29 is 8.42 Å². The summed E-state index contributed by atoms with van der Waals surface area (Å²) in [4.78, 5) is 2.41. The first-order chi connectivity index (χ1) is 10.3. The Kier molecular flexibility index (Phi) is 6.14. The zero-order valence-electron chi connectivity index (χ0n) is 12.9. The average molecular weight is 365 g/mol. The minimum atomic E-state index is -3.58. The number of sulfonamides is 1. The van der Waals surface area contributed by atoms with E-state index < -0.39 is 10.0 Å². The van der Waals surface area contributed by atoms with Gasteiger partial charge in [0.25, 0.3) is 0 Å². The Morgan fingerprint density at radius 2 is 1.77 bits per heavy atom. The Labute approximate surface area is 143 Å². The maximum absolute atomic E-state index is 12.7. The van der Waals surface area contributed by atoms with E-state index in [0.29, 0.717) is 19.0 Å². The van der Waals surface area contributed by atoms with E-state index >= 15 is 0 Å². The maximum Gasteiger partial charge on any atom is 0.244 e. The van der Waals surface area contributed by atoms with Gasteiger partial charge in [-0.15, -0.1) is 0 Å². The van der Waals surface area contributed by atoms with Gasteiger partial charge in [0, 0.05) is 26.2 Å². The van der Waals surface area contributed by atoms with Gasteiger partial charge in [-0.3, -0.25) is 0 Å². The summed E-state index contributed by atoms with van der Waals surface area (Å²) in [5.74, 6) is 0.659. The molecule has 0 aliphatic carbocycles. The quantitative estimate of drug-likeness (QED) is 0.804. The zero-order chi connectivity index (χ0) is 16.3. The molecule has 22 heavy (non-hydrogen) atoms. The smallest absolute Gasteiger partial charge is 0.244 e. The third-order valence-corrected chi connectivity index (χ3v) is 6.76. The van der Waals surface area contributed by atoms with E-state index in [2.05, 4.69) is 18.7 Å². The largest absolute Gasteiger partial charge is 0.301 e. The van der Waals surface area contributed by atoms with Crippen LogP contribution >= 0.6 is 23.2 Å². The molecule has 1 fully saturated rings. The van der Waals surface area contributed by atoms with Crippen LogP contribution in [0.5, 0.6) is 0 Å². The molecule has 1 aliphatic heterocycles. The van der Waals surface area contributed by atoms with E-state index in [9.17, 15) is 8.42 Å². The van der Waals surface area contributed by atoms with Gasteiger partial charge in [-0.05, 0) is 31.0 Å². The summed E-state index contributed by atoms with van der Waals surface area (Å²) < 4.78 is 26.9. The van der Waals surface area contributed by atoms with Gasteiger partial charge < -0.3 is 4.90 Å². The third kappa shape index (κ3) is 4.15. The first-order valence-electron chi connectivity index (χ1n) is 7.49. The van der Waals surface area contributed by atoms with Crippen molar-refractivity contribution in [3.8, 4) is 0 Å². The molecule has 0 aromatic heterocycles. The van der Waals surface area contributed by atoms with Crippen LogP contribution in [0.1, 0.15) is 20.3 Å². The van der Waals surface area contributed by atoms with Crippen molar-refractivity contribution in [2.75, 3.05) is 32.7 Å². The number of hydrogen-bond acceptors (Lipinski definition) is 3. The van der Waals surface area contributed by atoms with E-state index in [0.717, 1.165) is 26.1 Å². The van der Waals surface area contributed by atoms with Crippen molar-refractivity contribution in [2.45, 2.75) is 25.2 Å². The Hall–Kier alpha value is -0.330. The van der Waals surface area contributed by atoms with E-state index in [4.69, 9.17) is 23.2 Å². The minimum Gasteiger partial charge on any atom is -0.301 e. The van der Waals surface area contributed by atoms with Gasteiger partial charge in [0.15, 0.2) is 0 Å². The Morgan fingerprint density at radius 1 is 1.14 bits per heavy atom. The molecule has 0 spiro atoms. The second-order valence-corrected chi connectivity index (χ2v) is 8.67. The lowest BCUT2D eigenvalue weighted by atomic mass is 10.1. The van der Waals surface area contributed by atoms with Crippen molar-refractivity contribution in [1.29, 1.82) is 0 Å². The number of rotatable bonds is 5. The summed E-state index contributed by atoms with van der Waals surface area (Å²) in [7, 11) is -3.58. The van der Waals surface area contributed by atoms with E-state index in [1.807, 2.05) is 0 Å². The fourth-order valence-electron chi connectivity index (χ4n) is 2.46. The molecule has 0 bridgehead atoms. The van der Waals surface area contributed by atoms with Gasteiger partial charge in [-0.25, -0.2) is 8.42 Å². The van der Waals surface area contributed by atoms with Crippen LogP contribution < -0.4 is 0 Å². The highest BCUT2D eigenvalue weighted by atomic mass is 35.5. The highest BCUT2D eigenvalue weighted by Gasteiger charge is 2.30. The molecule has 2 rings (SSSR count). The average Bonchev–Trinajstić information content (AvgIpc) is 2.48. The molecule has 0 unspecified atom stereocenters. The second-order valence-electron chi connectivity index (χ2n) is 5.98. The number of nitrogens with zero attached hydrogens (tertiary/aromatic N) is 2. The number of piperazine rings is 1. The van der Waals surface area contributed by atoms with Crippen molar-refractivity contribution in [1.82, 2.24) is 9.21 Å². The van der Waals surface area contributed by atoms with Crippen LogP contribution in [0.2, 0.25) is 10.0 Å². The molecule has 4 nitrogen and oxygen atoms in total. The van der Waals surface area contributed by atoms with Crippen molar-refractivity contribution in [2.24, 2.45) is 5.92 Å².